The molecule has 0 spiro atoms. The van der Waals surface area contributed by atoms with Crippen LogP contribution in [0, 0.1) is 5.82 Å². The van der Waals surface area contributed by atoms with E-state index in [1.807, 2.05) is 24.3 Å². The van der Waals surface area contributed by atoms with Gasteiger partial charge in [-0.3, -0.25) is 9.67 Å². The lowest BCUT2D eigenvalue weighted by atomic mass is 10.2. The number of aromatic nitrogens is 5. The minimum Gasteiger partial charge on any atom is -0.485 e. The highest BCUT2D eigenvalue weighted by Crippen LogP contribution is 2.31. The lowest BCUT2D eigenvalue weighted by Crippen LogP contribution is -2.21. The molecule has 190 valence electrons. The number of pyridine rings is 1. The van der Waals surface area contributed by atoms with E-state index >= 15 is 0 Å². The number of nitrogens with one attached hydrogen (secondary N) is 1. The molecule has 5 rings (SSSR count). The van der Waals surface area contributed by atoms with Crippen molar-refractivity contribution in [2.75, 3.05) is 18.5 Å². The van der Waals surface area contributed by atoms with Crippen LogP contribution in [0.4, 0.5) is 15.9 Å². The van der Waals surface area contributed by atoms with Crippen LogP contribution in [0.1, 0.15) is 5.56 Å². The van der Waals surface area contributed by atoms with Gasteiger partial charge in [-0.05, 0) is 24.3 Å². The normalized spacial score (nSPS) is 11.6. The number of hydrogen-bond acceptors (Lipinski definition) is 8. The maximum absolute atomic E-state index is 14.3. The fourth-order valence-corrected chi connectivity index (χ4v) is 3.69. The molecule has 3 N–H and O–H groups in total. The van der Waals surface area contributed by atoms with E-state index in [2.05, 4.69) is 20.3 Å². The van der Waals surface area contributed by atoms with E-state index < -0.39 is 12.7 Å². The highest BCUT2D eigenvalue weighted by atomic mass is 35.5. The van der Waals surface area contributed by atoms with E-state index in [0.717, 1.165) is 16.6 Å². The topological polar surface area (TPSA) is 118 Å². The number of hydrogen-bond donors (Lipinski definition) is 3. The third kappa shape index (κ3) is 5.83. The first-order valence-electron chi connectivity index (χ1n) is 11.3. The summed E-state index contributed by atoms with van der Waals surface area (Å²) in [5.41, 5.74) is 2.58. The minimum absolute atomic E-state index is 0. The van der Waals surface area contributed by atoms with Gasteiger partial charge in [0.25, 0.3) is 0 Å². The van der Waals surface area contributed by atoms with Gasteiger partial charge in [0.1, 0.15) is 24.2 Å². The van der Waals surface area contributed by atoms with Gasteiger partial charge in [-0.15, -0.1) is 12.4 Å². The van der Waals surface area contributed by atoms with Gasteiger partial charge < -0.3 is 20.3 Å². The van der Waals surface area contributed by atoms with Crippen molar-refractivity contribution in [3.05, 3.63) is 90.6 Å². The van der Waals surface area contributed by atoms with Gasteiger partial charge in [0, 0.05) is 29.0 Å². The fraction of sp³-hybridized carbons (Fsp3) is 0.154. The van der Waals surface area contributed by atoms with Crippen LogP contribution in [0.2, 0.25) is 0 Å². The molecule has 5 aromatic rings. The molecule has 0 unspecified atom stereocenters. The van der Waals surface area contributed by atoms with Crippen LogP contribution in [-0.2, 0) is 6.54 Å². The van der Waals surface area contributed by atoms with Gasteiger partial charge in [-0.25, -0.2) is 14.4 Å². The number of aliphatic hydroxyl groups excluding tert-OH is 2. The van der Waals surface area contributed by atoms with E-state index in [1.165, 1.54) is 12.3 Å². The smallest absolute Gasteiger partial charge is 0.183 e. The molecule has 0 radical (unpaired) electrons. The first kappa shape index (κ1) is 26.0. The molecule has 0 amide bonds. The van der Waals surface area contributed by atoms with Crippen molar-refractivity contribution < 1.29 is 19.3 Å². The Kier molecular flexibility index (Phi) is 8.24. The monoisotopic (exact) mass is 522 g/mol. The van der Waals surface area contributed by atoms with Gasteiger partial charge in [0.2, 0.25) is 0 Å². The van der Waals surface area contributed by atoms with E-state index in [-0.39, 0.29) is 37.1 Å². The largest absolute Gasteiger partial charge is 0.485 e. The number of halogens is 2. The second-order valence-corrected chi connectivity index (χ2v) is 8.03. The Morgan fingerprint density at radius 3 is 2.57 bits per heavy atom. The van der Waals surface area contributed by atoms with Crippen LogP contribution in [0.25, 0.3) is 22.4 Å². The molecule has 0 fully saturated rings. The second-order valence-electron chi connectivity index (χ2n) is 8.03. The molecule has 9 nitrogen and oxygen atoms in total. The molecule has 0 saturated carbocycles. The molecule has 3 aromatic heterocycles. The van der Waals surface area contributed by atoms with Crippen LogP contribution in [0.15, 0.2) is 79.3 Å². The molecule has 0 aliphatic heterocycles. The van der Waals surface area contributed by atoms with Crippen LogP contribution < -0.4 is 10.1 Å². The van der Waals surface area contributed by atoms with Gasteiger partial charge in [0.05, 0.1) is 24.9 Å². The summed E-state index contributed by atoms with van der Waals surface area (Å²) in [6, 6.07) is 17.8. The summed E-state index contributed by atoms with van der Waals surface area (Å²) in [5, 5.41) is 27.6. The third-order valence-electron chi connectivity index (χ3n) is 5.49. The van der Waals surface area contributed by atoms with Crippen molar-refractivity contribution in [2.24, 2.45) is 0 Å². The van der Waals surface area contributed by atoms with E-state index in [9.17, 15) is 9.50 Å². The summed E-state index contributed by atoms with van der Waals surface area (Å²) >= 11 is 0. The predicted octanol–water partition coefficient (Wildman–Crippen LogP) is 3.97. The van der Waals surface area contributed by atoms with E-state index in [1.54, 1.807) is 47.4 Å². The Bertz CT molecular complexity index is 1480. The number of rotatable bonds is 9. The second kappa shape index (κ2) is 11.7. The van der Waals surface area contributed by atoms with Gasteiger partial charge >= 0.3 is 0 Å². The summed E-state index contributed by atoms with van der Waals surface area (Å²) < 4.78 is 21.7. The molecule has 11 heteroatoms. The number of benzene rings is 2. The van der Waals surface area contributed by atoms with E-state index in [0.29, 0.717) is 22.9 Å². The van der Waals surface area contributed by atoms with Crippen LogP contribution in [0.3, 0.4) is 0 Å². The zero-order chi connectivity index (χ0) is 24.9. The number of ether oxygens (including phenoxy) is 1. The molecule has 0 saturated heterocycles. The Labute approximate surface area is 218 Å². The number of anilines is 2. The van der Waals surface area contributed by atoms with Crippen molar-refractivity contribution in [3.63, 3.8) is 0 Å². The van der Waals surface area contributed by atoms with E-state index in [4.69, 9.17) is 14.9 Å². The molecular formula is C26H24ClFN6O3. The van der Waals surface area contributed by atoms with Crippen molar-refractivity contribution >= 4 is 34.8 Å². The highest BCUT2D eigenvalue weighted by molar-refractivity contribution is 5.92. The van der Waals surface area contributed by atoms with Crippen LogP contribution in [0.5, 0.6) is 5.75 Å². The van der Waals surface area contributed by atoms with Gasteiger partial charge in [-0.1, -0.05) is 36.4 Å². The first-order chi connectivity index (χ1) is 17.6. The highest BCUT2D eigenvalue weighted by Gasteiger charge is 2.18. The summed E-state index contributed by atoms with van der Waals surface area (Å²) in [4.78, 5) is 13.1. The zero-order valence-corrected chi connectivity index (χ0v) is 20.3. The molecule has 3 heterocycles. The molecular weight excluding hydrogens is 499 g/mol. The van der Waals surface area contributed by atoms with Crippen molar-refractivity contribution in [3.8, 4) is 17.3 Å². The summed E-state index contributed by atoms with van der Waals surface area (Å²) in [6.45, 7) is -0.322. The number of aliphatic hydroxyl groups is 2. The number of fused-ring (bicyclic) bond motifs is 1. The molecule has 1 atom stereocenters. The quantitative estimate of drug-likeness (QED) is 0.266. The van der Waals surface area contributed by atoms with Crippen LogP contribution >= 0.6 is 12.4 Å². The number of para-hydroxylation sites is 1. The van der Waals surface area contributed by atoms with Crippen molar-refractivity contribution in [2.45, 2.75) is 12.6 Å². The average molecular weight is 523 g/mol. The Morgan fingerprint density at radius 1 is 1.03 bits per heavy atom. The standard InChI is InChI=1S/C26H23FN6O3.ClH/c27-21-7-3-1-5-17(21)14-33-22-8-4-2-6-20(22)24(32-33)26-29-13-23(36-16-19(35)15-34)25(31-26)30-18-9-11-28-12-10-18;/h1-13,19,34-35H,14-16H2,(H,28,29,30,31);1H/t19-;/m1./s1. The third-order valence-corrected chi connectivity index (χ3v) is 5.49. The van der Waals surface area contributed by atoms with Crippen molar-refractivity contribution in [1.82, 2.24) is 24.7 Å². The maximum atomic E-state index is 14.3. The van der Waals surface area contributed by atoms with Crippen molar-refractivity contribution in [1.29, 1.82) is 0 Å². The fourth-order valence-electron chi connectivity index (χ4n) is 3.69. The Balaban J connectivity index is 0.00000320. The average Bonchev–Trinajstić information content (AvgIpc) is 3.28. The molecule has 37 heavy (non-hydrogen) atoms. The summed E-state index contributed by atoms with van der Waals surface area (Å²) in [6.07, 6.45) is 3.72. The van der Waals surface area contributed by atoms with Gasteiger partial charge in [-0.2, -0.15) is 5.10 Å². The molecule has 0 aliphatic rings. The molecule has 2 aromatic carbocycles. The molecule has 0 aliphatic carbocycles. The molecule has 0 bridgehead atoms. The van der Waals surface area contributed by atoms with Gasteiger partial charge in [0.15, 0.2) is 17.4 Å². The first-order valence-corrected chi connectivity index (χ1v) is 11.3. The summed E-state index contributed by atoms with van der Waals surface area (Å²) in [7, 11) is 0. The maximum Gasteiger partial charge on any atom is 0.183 e. The minimum atomic E-state index is -1.04. The lowest BCUT2D eigenvalue weighted by Gasteiger charge is -2.14. The Morgan fingerprint density at radius 2 is 1.78 bits per heavy atom. The number of nitrogens with zero attached hydrogens (tertiary/aromatic N) is 5. The zero-order valence-electron chi connectivity index (χ0n) is 19.5. The lowest BCUT2D eigenvalue weighted by molar-refractivity contribution is 0.0536. The Hall–Kier alpha value is -4.12. The SMILES string of the molecule is Cl.OC[C@@H](O)COc1cnc(-c2nn(Cc3ccccc3F)c3ccccc23)nc1Nc1ccncc1. The predicted molar refractivity (Wildman–Crippen MR) is 140 cm³/mol. The summed E-state index contributed by atoms with van der Waals surface area (Å²) in [5.74, 6) is 0.678. The van der Waals surface area contributed by atoms with Crippen LogP contribution in [-0.4, -0.2) is 54.3 Å².